The van der Waals surface area contributed by atoms with Crippen molar-refractivity contribution in [2.45, 2.75) is 44.6 Å². The van der Waals surface area contributed by atoms with Crippen LogP contribution >= 0.6 is 0 Å². The van der Waals surface area contributed by atoms with Crippen molar-refractivity contribution in [1.29, 1.82) is 0 Å². The van der Waals surface area contributed by atoms with E-state index in [0.717, 1.165) is 58.5 Å². The number of nitrogens with one attached hydrogen (secondary N) is 1. The number of carbonyl (C=O) groups excluding carboxylic acids is 1. The molecule has 2 aliphatic heterocycles. The zero-order valence-electron chi connectivity index (χ0n) is 14.6. The summed E-state index contributed by atoms with van der Waals surface area (Å²) in [7, 11) is 0. The lowest BCUT2D eigenvalue weighted by Crippen LogP contribution is -2.42. The maximum Gasteiger partial charge on any atom is 0.208 e. The number of rotatable bonds is 10. The van der Waals surface area contributed by atoms with Gasteiger partial charge >= 0.3 is 0 Å². The molecule has 0 saturated carbocycles. The number of hydroxylamine groups is 2. The lowest BCUT2D eigenvalue weighted by atomic mass is 10.1. The van der Waals surface area contributed by atoms with Crippen LogP contribution in [0, 0.1) is 5.92 Å². The largest absolute Gasteiger partial charge is 0.381 e. The summed E-state index contributed by atoms with van der Waals surface area (Å²) in [6.07, 6.45) is 4.64. The number of carbonyl (C=O) groups is 1. The zero-order chi connectivity index (χ0) is 17.3. The molecular formula is C19H28N2O4. The number of hydrogen-bond acceptors (Lipinski definition) is 5. The Balaban J connectivity index is 1.35. The predicted octanol–water partition coefficient (Wildman–Crippen LogP) is 2.10. The molecule has 3 atom stereocenters. The highest BCUT2D eigenvalue weighted by Gasteiger charge is 2.34. The predicted molar refractivity (Wildman–Crippen MR) is 93.4 cm³/mol. The van der Waals surface area contributed by atoms with Crippen molar-refractivity contribution >= 4 is 6.41 Å². The van der Waals surface area contributed by atoms with E-state index in [0.29, 0.717) is 12.5 Å². The maximum absolute atomic E-state index is 10.8. The van der Waals surface area contributed by atoms with E-state index in [9.17, 15) is 4.79 Å². The van der Waals surface area contributed by atoms with Crippen LogP contribution < -0.4 is 5.32 Å². The topological polar surface area (TPSA) is 60.0 Å². The summed E-state index contributed by atoms with van der Waals surface area (Å²) >= 11 is 0. The van der Waals surface area contributed by atoms with Crippen molar-refractivity contribution in [3.05, 3.63) is 35.9 Å². The normalized spacial score (nSPS) is 26.8. The molecule has 0 spiro atoms. The summed E-state index contributed by atoms with van der Waals surface area (Å²) < 4.78 is 11.2. The van der Waals surface area contributed by atoms with E-state index in [1.54, 1.807) is 0 Å². The Hall–Kier alpha value is -1.47. The van der Waals surface area contributed by atoms with Gasteiger partial charge in [-0.15, -0.1) is 0 Å². The van der Waals surface area contributed by atoms with Gasteiger partial charge in [0, 0.05) is 26.2 Å². The lowest BCUT2D eigenvalue weighted by molar-refractivity contribution is -0.175. The Kier molecular flexibility index (Phi) is 7.23. The Morgan fingerprint density at radius 2 is 2.20 bits per heavy atom. The van der Waals surface area contributed by atoms with Crippen molar-refractivity contribution in [2.75, 3.05) is 26.4 Å². The molecule has 138 valence electrons. The summed E-state index contributed by atoms with van der Waals surface area (Å²) in [6, 6.07) is 10.2. The molecule has 1 aromatic carbocycles. The number of amides is 1. The average Bonchev–Trinajstić information content (AvgIpc) is 3.27. The molecule has 1 N–H and O–H groups in total. The Morgan fingerprint density at radius 3 is 2.96 bits per heavy atom. The van der Waals surface area contributed by atoms with Gasteiger partial charge in [-0.1, -0.05) is 30.3 Å². The monoisotopic (exact) mass is 348 g/mol. The molecule has 1 amide bonds. The number of benzene rings is 1. The Labute approximate surface area is 149 Å². The number of hydrogen-bond donors (Lipinski definition) is 1. The summed E-state index contributed by atoms with van der Waals surface area (Å²) in [6.45, 7) is 3.79. The van der Waals surface area contributed by atoms with Crippen LogP contribution in [0.3, 0.4) is 0 Å². The van der Waals surface area contributed by atoms with Crippen LogP contribution in [0.5, 0.6) is 0 Å². The molecule has 0 aliphatic carbocycles. The molecule has 6 nitrogen and oxygen atoms in total. The second kappa shape index (κ2) is 9.87. The Bertz CT molecular complexity index is 507. The van der Waals surface area contributed by atoms with Crippen LogP contribution in [0.25, 0.3) is 0 Å². The summed E-state index contributed by atoms with van der Waals surface area (Å²) in [4.78, 5) is 16.9. The fourth-order valence-corrected chi connectivity index (χ4v) is 3.40. The van der Waals surface area contributed by atoms with Gasteiger partial charge in [0.15, 0.2) is 0 Å². The van der Waals surface area contributed by atoms with E-state index >= 15 is 0 Å². The first kappa shape index (κ1) is 18.3. The molecule has 6 heteroatoms. The minimum absolute atomic E-state index is 0.0339. The zero-order valence-corrected chi connectivity index (χ0v) is 14.6. The van der Waals surface area contributed by atoms with Crippen LogP contribution in [0.15, 0.2) is 30.3 Å². The second-order valence-corrected chi connectivity index (χ2v) is 6.77. The maximum atomic E-state index is 10.8. The summed E-state index contributed by atoms with van der Waals surface area (Å²) in [5.41, 5.74) is 1.19. The van der Waals surface area contributed by atoms with Crippen molar-refractivity contribution < 1.29 is 19.1 Å². The minimum atomic E-state index is -0.0339. The third-order valence-electron chi connectivity index (χ3n) is 4.77. The van der Waals surface area contributed by atoms with Gasteiger partial charge in [-0.2, -0.15) is 5.06 Å². The van der Waals surface area contributed by atoms with Gasteiger partial charge in [0.25, 0.3) is 0 Å². The van der Waals surface area contributed by atoms with E-state index in [-0.39, 0.29) is 12.3 Å². The molecule has 2 aliphatic rings. The van der Waals surface area contributed by atoms with E-state index in [1.807, 2.05) is 23.3 Å². The van der Waals surface area contributed by atoms with Crippen molar-refractivity contribution in [3.63, 3.8) is 0 Å². The highest BCUT2D eigenvalue weighted by Crippen LogP contribution is 2.25. The smallest absolute Gasteiger partial charge is 0.208 e. The van der Waals surface area contributed by atoms with Crippen LogP contribution in [0.1, 0.15) is 31.2 Å². The van der Waals surface area contributed by atoms with Gasteiger partial charge in [-0.3, -0.25) is 9.63 Å². The van der Waals surface area contributed by atoms with Gasteiger partial charge in [-0.25, -0.2) is 0 Å². The second-order valence-electron chi connectivity index (χ2n) is 6.77. The first-order valence-corrected chi connectivity index (χ1v) is 9.17. The van der Waals surface area contributed by atoms with E-state index in [1.165, 1.54) is 5.56 Å². The first-order valence-electron chi connectivity index (χ1n) is 9.17. The van der Waals surface area contributed by atoms with Crippen molar-refractivity contribution in [1.82, 2.24) is 10.4 Å². The fourth-order valence-electron chi connectivity index (χ4n) is 3.40. The molecule has 2 heterocycles. The van der Waals surface area contributed by atoms with Gasteiger partial charge in [0.2, 0.25) is 6.41 Å². The fraction of sp³-hybridized carbons (Fsp3) is 0.632. The third-order valence-corrected chi connectivity index (χ3v) is 4.77. The number of nitrogens with zero attached hydrogens (tertiary/aromatic N) is 1. The van der Waals surface area contributed by atoms with Gasteiger partial charge < -0.3 is 14.8 Å². The molecule has 0 radical (unpaired) electrons. The molecule has 2 saturated heterocycles. The molecule has 25 heavy (non-hydrogen) atoms. The molecule has 2 fully saturated rings. The van der Waals surface area contributed by atoms with Gasteiger partial charge in [-0.05, 0) is 30.7 Å². The van der Waals surface area contributed by atoms with E-state index in [4.69, 9.17) is 14.3 Å². The van der Waals surface area contributed by atoms with Crippen molar-refractivity contribution in [3.8, 4) is 0 Å². The number of ether oxygens (including phenoxy) is 2. The molecule has 0 aromatic heterocycles. The van der Waals surface area contributed by atoms with Gasteiger partial charge in [0.05, 0.1) is 19.3 Å². The molecular weight excluding hydrogens is 320 g/mol. The third kappa shape index (κ3) is 5.78. The van der Waals surface area contributed by atoms with Gasteiger partial charge in [0.1, 0.15) is 6.17 Å². The quantitative estimate of drug-likeness (QED) is 0.518. The van der Waals surface area contributed by atoms with E-state index < -0.39 is 0 Å². The highest BCUT2D eigenvalue weighted by atomic mass is 16.7. The summed E-state index contributed by atoms with van der Waals surface area (Å²) in [5.74, 6) is 0.490. The lowest BCUT2D eigenvalue weighted by Gasteiger charge is -2.24. The SMILES string of the molecule is O=CNC1CC(CCCOCc2ccccc2)ON1CC1CCOC1. The van der Waals surface area contributed by atoms with Crippen LogP contribution in [0.2, 0.25) is 0 Å². The average molecular weight is 348 g/mol. The molecule has 3 unspecified atom stereocenters. The van der Waals surface area contributed by atoms with Crippen LogP contribution in [-0.4, -0.2) is 50.1 Å². The Morgan fingerprint density at radius 1 is 1.32 bits per heavy atom. The summed E-state index contributed by atoms with van der Waals surface area (Å²) in [5, 5.41) is 4.80. The highest BCUT2D eigenvalue weighted by molar-refractivity contribution is 5.46. The van der Waals surface area contributed by atoms with Crippen LogP contribution in [0.4, 0.5) is 0 Å². The standard InChI is InChI=1S/C19H28N2O4/c22-15-20-19-11-18(25-21(19)12-17-8-10-24-14-17)7-4-9-23-13-16-5-2-1-3-6-16/h1-3,5-6,15,17-19H,4,7-14H2,(H,20,22). The van der Waals surface area contributed by atoms with Crippen LogP contribution in [-0.2, 0) is 25.7 Å². The van der Waals surface area contributed by atoms with E-state index in [2.05, 4.69) is 17.4 Å². The molecule has 3 rings (SSSR count). The molecule has 1 aromatic rings. The minimum Gasteiger partial charge on any atom is -0.381 e. The molecule has 0 bridgehead atoms. The van der Waals surface area contributed by atoms with Crippen molar-refractivity contribution in [2.24, 2.45) is 5.92 Å². The first-order chi connectivity index (χ1) is 12.3.